The van der Waals surface area contributed by atoms with Crippen LogP contribution in [-0.4, -0.2) is 69.6 Å². The highest BCUT2D eigenvalue weighted by atomic mass is 32.2. The number of anilines is 1. The van der Waals surface area contributed by atoms with Gasteiger partial charge in [-0.15, -0.1) is 0 Å². The van der Waals surface area contributed by atoms with Crippen molar-refractivity contribution in [3.8, 4) is 0 Å². The fraction of sp³-hybridized carbons (Fsp3) is 0.562. The number of likely N-dealkylation sites (N-methyl/N-ethyl adjacent to an activating group) is 1. The molecule has 1 aliphatic heterocycles. The Bertz CT molecular complexity index is 670. The highest BCUT2D eigenvalue weighted by molar-refractivity contribution is 7.92. The van der Waals surface area contributed by atoms with E-state index in [1.54, 1.807) is 11.8 Å². The molecule has 2 rings (SSSR count). The van der Waals surface area contributed by atoms with E-state index in [9.17, 15) is 17.6 Å². The van der Waals surface area contributed by atoms with Crippen molar-refractivity contribution in [1.82, 2.24) is 9.80 Å². The molecular formula is C16H24FN3O3S. The molecule has 0 N–H and O–H groups in total. The topological polar surface area (TPSA) is 60.9 Å². The van der Waals surface area contributed by atoms with Gasteiger partial charge in [-0.2, -0.15) is 0 Å². The fourth-order valence-electron chi connectivity index (χ4n) is 2.87. The standard InChI is InChI=1S/C16H24FN3O3S/c1-4-15(16(21)19-11-9-18(2)10-12-19)20(24(3,22)23)14-7-5-13(17)6-8-14/h5-8,15H,4,9-12H2,1-3H3/t15-/m1/s1. The minimum atomic E-state index is -3.68. The maximum atomic E-state index is 13.2. The van der Waals surface area contributed by atoms with Crippen molar-refractivity contribution in [2.24, 2.45) is 0 Å². The molecule has 1 atom stereocenters. The predicted molar refractivity (Wildman–Crippen MR) is 91.9 cm³/mol. The van der Waals surface area contributed by atoms with Crippen LogP contribution in [0.15, 0.2) is 24.3 Å². The summed E-state index contributed by atoms with van der Waals surface area (Å²) in [7, 11) is -1.70. The number of carbonyl (C=O) groups is 1. The molecule has 0 unspecified atom stereocenters. The van der Waals surface area contributed by atoms with Crippen LogP contribution in [0.4, 0.5) is 10.1 Å². The van der Waals surface area contributed by atoms with Gasteiger partial charge in [0.15, 0.2) is 0 Å². The number of halogens is 1. The average molecular weight is 357 g/mol. The van der Waals surface area contributed by atoms with Gasteiger partial charge in [-0.25, -0.2) is 12.8 Å². The molecule has 0 aromatic heterocycles. The second kappa shape index (κ2) is 7.48. The Kier molecular flexibility index (Phi) is 5.82. The van der Waals surface area contributed by atoms with Gasteiger partial charge in [0.2, 0.25) is 15.9 Å². The summed E-state index contributed by atoms with van der Waals surface area (Å²) in [5.74, 6) is -0.661. The van der Waals surface area contributed by atoms with Crippen molar-refractivity contribution in [1.29, 1.82) is 0 Å². The summed E-state index contributed by atoms with van der Waals surface area (Å²) >= 11 is 0. The van der Waals surface area contributed by atoms with E-state index >= 15 is 0 Å². The molecule has 8 heteroatoms. The molecule has 1 aliphatic rings. The number of sulfonamides is 1. The molecule has 0 spiro atoms. The molecule has 0 radical (unpaired) electrons. The van der Waals surface area contributed by atoms with Gasteiger partial charge in [-0.05, 0) is 37.7 Å². The molecule has 1 aromatic rings. The van der Waals surface area contributed by atoms with Crippen LogP contribution in [0.5, 0.6) is 0 Å². The summed E-state index contributed by atoms with van der Waals surface area (Å²) in [5.41, 5.74) is 0.299. The van der Waals surface area contributed by atoms with Crippen LogP contribution in [-0.2, 0) is 14.8 Å². The van der Waals surface area contributed by atoms with Gasteiger partial charge in [-0.3, -0.25) is 9.10 Å². The minimum absolute atomic E-state index is 0.208. The SMILES string of the molecule is CC[C@H](C(=O)N1CCN(C)CC1)N(c1ccc(F)cc1)S(C)(=O)=O. The zero-order chi connectivity index (χ0) is 17.9. The zero-order valence-electron chi connectivity index (χ0n) is 14.3. The Balaban J connectivity index is 2.32. The lowest BCUT2D eigenvalue weighted by molar-refractivity contribution is -0.134. The third kappa shape index (κ3) is 4.24. The first-order valence-corrected chi connectivity index (χ1v) is 9.81. The average Bonchev–Trinajstić information content (AvgIpc) is 2.52. The minimum Gasteiger partial charge on any atom is -0.338 e. The molecule has 1 fully saturated rings. The van der Waals surface area contributed by atoms with Crippen LogP contribution >= 0.6 is 0 Å². The number of benzene rings is 1. The third-order valence-electron chi connectivity index (χ3n) is 4.21. The first kappa shape index (κ1) is 18.7. The molecule has 24 heavy (non-hydrogen) atoms. The fourth-order valence-corrected chi connectivity index (χ4v) is 4.08. The van der Waals surface area contributed by atoms with Gasteiger partial charge in [-0.1, -0.05) is 6.92 Å². The van der Waals surface area contributed by atoms with E-state index in [2.05, 4.69) is 4.90 Å². The van der Waals surface area contributed by atoms with Crippen LogP contribution in [0.3, 0.4) is 0 Å². The Morgan fingerprint density at radius 1 is 1.21 bits per heavy atom. The normalized spacial score (nSPS) is 17.6. The second-order valence-corrected chi connectivity index (χ2v) is 7.95. The lowest BCUT2D eigenvalue weighted by Crippen LogP contribution is -2.55. The summed E-state index contributed by atoms with van der Waals surface area (Å²) in [5, 5.41) is 0. The number of hydrogen-bond donors (Lipinski definition) is 0. The Labute approximate surface area is 142 Å². The number of amides is 1. The number of piperazine rings is 1. The van der Waals surface area contributed by atoms with Crippen LogP contribution < -0.4 is 4.31 Å². The van der Waals surface area contributed by atoms with Crippen molar-refractivity contribution < 1.29 is 17.6 Å². The number of rotatable bonds is 5. The first-order chi connectivity index (χ1) is 11.2. The van der Waals surface area contributed by atoms with E-state index in [0.29, 0.717) is 25.2 Å². The van der Waals surface area contributed by atoms with Gasteiger partial charge < -0.3 is 9.80 Å². The summed E-state index contributed by atoms with van der Waals surface area (Å²) in [6.07, 6.45) is 1.41. The third-order valence-corrected chi connectivity index (χ3v) is 5.39. The van der Waals surface area contributed by atoms with E-state index in [4.69, 9.17) is 0 Å². The summed E-state index contributed by atoms with van der Waals surface area (Å²) in [4.78, 5) is 16.7. The van der Waals surface area contributed by atoms with Crippen molar-refractivity contribution in [3.63, 3.8) is 0 Å². The second-order valence-electron chi connectivity index (χ2n) is 6.09. The molecule has 134 valence electrons. The Morgan fingerprint density at radius 2 is 1.75 bits per heavy atom. The highest BCUT2D eigenvalue weighted by Gasteiger charge is 2.34. The summed E-state index contributed by atoms with van der Waals surface area (Å²) in [6.45, 7) is 4.45. The zero-order valence-corrected chi connectivity index (χ0v) is 15.1. The molecule has 0 bridgehead atoms. The van der Waals surface area contributed by atoms with Gasteiger partial charge in [0.05, 0.1) is 11.9 Å². The Morgan fingerprint density at radius 3 is 2.21 bits per heavy atom. The molecule has 1 aromatic carbocycles. The lowest BCUT2D eigenvalue weighted by atomic mass is 10.1. The van der Waals surface area contributed by atoms with E-state index in [-0.39, 0.29) is 5.91 Å². The number of nitrogens with zero attached hydrogens (tertiary/aromatic N) is 3. The van der Waals surface area contributed by atoms with E-state index in [0.717, 1.165) is 23.7 Å². The Hall–Kier alpha value is -1.67. The quantitative estimate of drug-likeness (QED) is 0.793. The largest absolute Gasteiger partial charge is 0.338 e. The van der Waals surface area contributed by atoms with Crippen LogP contribution in [0.1, 0.15) is 13.3 Å². The molecule has 6 nitrogen and oxygen atoms in total. The van der Waals surface area contributed by atoms with Crippen molar-refractivity contribution in [2.45, 2.75) is 19.4 Å². The van der Waals surface area contributed by atoms with Gasteiger partial charge >= 0.3 is 0 Å². The lowest BCUT2D eigenvalue weighted by Gasteiger charge is -2.37. The molecule has 0 saturated carbocycles. The molecule has 1 amide bonds. The van der Waals surface area contributed by atoms with Gasteiger partial charge in [0.1, 0.15) is 11.9 Å². The molecule has 1 heterocycles. The molecular weight excluding hydrogens is 333 g/mol. The monoisotopic (exact) mass is 357 g/mol. The van der Waals surface area contributed by atoms with E-state index in [1.807, 2.05) is 7.05 Å². The maximum absolute atomic E-state index is 13.2. The highest BCUT2D eigenvalue weighted by Crippen LogP contribution is 2.24. The molecule has 0 aliphatic carbocycles. The smallest absolute Gasteiger partial charge is 0.246 e. The summed E-state index contributed by atoms with van der Waals surface area (Å²) < 4.78 is 38.9. The van der Waals surface area contributed by atoms with Crippen molar-refractivity contribution in [3.05, 3.63) is 30.1 Å². The van der Waals surface area contributed by atoms with Crippen LogP contribution in [0.25, 0.3) is 0 Å². The van der Waals surface area contributed by atoms with Crippen LogP contribution in [0, 0.1) is 5.82 Å². The van der Waals surface area contributed by atoms with Crippen LogP contribution in [0.2, 0.25) is 0 Å². The van der Waals surface area contributed by atoms with E-state index < -0.39 is 21.9 Å². The molecule has 1 saturated heterocycles. The first-order valence-electron chi connectivity index (χ1n) is 7.96. The number of carbonyl (C=O) groups excluding carboxylic acids is 1. The van der Waals surface area contributed by atoms with Gasteiger partial charge in [0.25, 0.3) is 0 Å². The number of hydrogen-bond acceptors (Lipinski definition) is 4. The predicted octanol–water partition coefficient (Wildman–Crippen LogP) is 1.14. The van der Waals surface area contributed by atoms with Crippen molar-refractivity contribution in [2.75, 3.05) is 43.8 Å². The van der Waals surface area contributed by atoms with Crippen molar-refractivity contribution >= 4 is 21.6 Å². The summed E-state index contributed by atoms with van der Waals surface area (Å²) in [6, 6.07) is 4.34. The maximum Gasteiger partial charge on any atom is 0.246 e. The van der Waals surface area contributed by atoms with Gasteiger partial charge in [0, 0.05) is 26.2 Å². The van der Waals surface area contributed by atoms with E-state index in [1.165, 1.54) is 24.3 Å².